The highest BCUT2D eigenvalue weighted by Gasteiger charge is 2.46. The zero-order chi connectivity index (χ0) is 21.5. The lowest BCUT2D eigenvalue weighted by atomic mass is 10.1. The summed E-state index contributed by atoms with van der Waals surface area (Å²) in [5, 5.41) is 10.5. The van der Waals surface area contributed by atoms with Crippen LogP contribution < -0.4 is 0 Å². The van der Waals surface area contributed by atoms with Gasteiger partial charge in [0.25, 0.3) is 0 Å². The lowest BCUT2D eigenvalue weighted by Gasteiger charge is -2.29. The molecule has 1 heterocycles. The molecule has 30 heavy (non-hydrogen) atoms. The number of carbonyl (C=O) groups is 2. The van der Waals surface area contributed by atoms with Crippen LogP contribution in [0.4, 0.5) is 0 Å². The fourth-order valence-corrected chi connectivity index (χ4v) is 6.16. The van der Waals surface area contributed by atoms with E-state index in [4.69, 9.17) is 5.11 Å². The van der Waals surface area contributed by atoms with E-state index in [1.165, 1.54) is 4.31 Å². The maximum Gasteiger partial charge on any atom is 0.305 e. The van der Waals surface area contributed by atoms with Crippen LogP contribution in [0.3, 0.4) is 0 Å². The van der Waals surface area contributed by atoms with E-state index < -0.39 is 22.0 Å². The van der Waals surface area contributed by atoms with Crippen molar-refractivity contribution in [3.05, 3.63) is 42.5 Å². The van der Waals surface area contributed by atoms with E-state index in [0.717, 1.165) is 23.6 Å². The number of carbonyl (C=O) groups excluding carboxylic acids is 1. The number of carboxylic acids is 1. The molecule has 0 bridgehead atoms. The Balaban J connectivity index is 1.63. The molecule has 2 fully saturated rings. The van der Waals surface area contributed by atoms with Crippen molar-refractivity contribution in [1.29, 1.82) is 0 Å². The number of rotatable bonds is 7. The second-order valence-corrected chi connectivity index (χ2v) is 10.5. The zero-order valence-electron chi connectivity index (χ0n) is 16.3. The Morgan fingerprint density at radius 2 is 1.83 bits per heavy atom. The molecule has 0 radical (unpaired) electrons. The average molecular weight is 449 g/mol. The summed E-state index contributed by atoms with van der Waals surface area (Å²) in [4.78, 5) is 26.0. The Hall–Kier alpha value is -2.10. The predicted molar refractivity (Wildman–Crippen MR) is 116 cm³/mol. The highest BCUT2D eigenvalue weighted by atomic mass is 32.2. The molecule has 0 aromatic heterocycles. The molecule has 1 saturated carbocycles. The first-order chi connectivity index (χ1) is 14.3. The van der Waals surface area contributed by atoms with E-state index >= 15 is 0 Å². The predicted octanol–water partition coefficient (Wildman–Crippen LogP) is 2.37. The average Bonchev–Trinajstić information content (AvgIpc) is 3.47. The zero-order valence-corrected chi connectivity index (χ0v) is 18.1. The van der Waals surface area contributed by atoms with Crippen molar-refractivity contribution in [2.75, 3.05) is 13.1 Å². The normalized spacial score (nSPS) is 22.3. The van der Waals surface area contributed by atoms with Crippen molar-refractivity contribution < 1.29 is 23.1 Å². The van der Waals surface area contributed by atoms with E-state index in [0.29, 0.717) is 6.42 Å². The summed E-state index contributed by atoms with van der Waals surface area (Å²) in [6.45, 7) is 0.239. The molecule has 2 aromatic carbocycles. The monoisotopic (exact) mass is 448 g/mol. The number of aliphatic carboxylic acids is 1. The van der Waals surface area contributed by atoms with Crippen LogP contribution in [0.25, 0.3) is 10.8 Å². The second-order valence-electron chi connectivity index (χ2n) is 7.90. The molecule has 2 aromatic rings. The summed E-state index contributed by atoms with van der Waals surface area (Å²) in [7, 11) is -3.91. The molecule has 160 valence electrons. The van der Waals surface area contributed by atoms with Crippen molar-refractivity contribution in [3.8, 4) is 0 Å². The van der Waals surface area contributed by atoms with Crippen molar-refractivity contribution in [1.82, 2.24) is 9.21 Å². The van der Waals surface area contributed by atoms with Gasteiger partial charge in [0.2, 0.25) is 15.9 Å². The van der Waals surface area contributed by atoms with Crippen molar-refractivity contribution in [2.24, 2.45) is 0 Å². The number of carboxylic acid groups (broad SMARTS) is 1. The van der Waals surface area contributed by atoms with Gasteiger partial charge in [-0.15, -0.1) is 0 Å². The molecule has 1 aliphatic carbocycles. The minimum absolute atomic E-state index is 0.000963. The van der Waals surface area contributed by atoms with Gasteiger partial charge in [-0.1, -0.05) is 30.3 Å². The minimum Gasteiger partial charge on any atom is -0.481 e. The molecule has 0 unspecified atom stereocenters. The maximum absolute atomic E-state index is 13.4. The highest BCUT2D eigenvalue weighted by molar-refractivity contribution is 7.89. The third-order valence-corrected chi connectivity index (χ3v) is 7.93. The Kier molecular flexibility index (Phi) is 5.78. The number of nitrogens with zero attached hydrogens (tertiary/aromatic N) is 2. The molecule has 7 nitrogen and oxygen atoms in total. The highest BCUT2D eigenvalue weighted by Crippen LogP contribution is 2.34. The van der Waals surface area contributed by atoms with Crippen LogP contribution >= 0.6 is 12.6 Å². The van der Waals surface area contributed by atoms with Crippen molar-refractivity contribution >= 4 is 45.3 Å². The quantitative estimate of drug-likeness (QED) is 0.634. The first-order valence-corrected chi connectivity index (χ1v) is 11.9. The molecule has 0 spiro atoms. The van der Waals surface area contributed by atoms with Crippen LogP contribution in [-0.4, -0.2) is 65.0 Å². The lowest BCUT2D eigenvalue weighted by Crippen LogP contribution is -2.49. The van der Waals surface area contributed by atoms with Crippen LogP contribution in [0.15, 0.2) is 47.4 Å². The van der Waals surface area contributed by atoms with Crippen LogP contribution in [0.1, 0.15) is 25.7 Å². The molecule has 2 atom stereocenters. The number of sulfonamides is 1. The summed E-state index contributed by atoms with van der Waals surface area (Å²) in [5.41, 5.74) is 0. The van der Waals surface area contributed by atoms with E-state index in [1.807, 2.05) is 24.3 Å². The Morgan fingerprint density at radius 3 is 2.50 bits per heavy atom. The van der Waals surface area contributed by atoms with Gasteiger partial charge in [-0.2, -0.15) is 16.9 Å². The number of amides is 1. The molecule has 2 aliphatic rings. The van der Waals surface area contributed by atoms with E-state index in [-0.39, 0.29) is 41.6 Å². The molecule has 1 amide bonds. The van der Waals surface area contributed by atoms with Gasteiger partial charge in [-0.05, 0) is 42.2 Å². The minimum atomic E-state index is -3.91. The van der Waals surface area contributed by atoms with E-state index in [1.54, 1.807) is 23.1 Å². The Labute approximate surface area is 181 Å². The van der Waals surface area contributed by atoms with Gasteiger partial charge in [0.1, 0.15) is 6.04 Å². The topological polar surface area (TPSA) is 95.0 Å². The first-order valence-electron chi connectivity index (χ1n) is 9.98. The summed E-state index contributed by atoms with van der Waals surface area (Å²) < 4.78 is 28.1. The molecule has 9 heteroatoms. The van der Waals surface area contributed by atoms with Crippen LogP contribution in [0.5, 0.6) is 0 Å². The Morgan fingerprint density at radius 1 is 1.13 bits per heavy atom. The third-order valence-electron chi connectivity index (χ3n) is 5.68. The molecule has 1 saturated heterocycles. The van der Waals surface area contributed by atoms with Crippen LogP contribution in [-0.2, 0) is 19.6 Å². The van der Waals surface area contributed by atoms with Crippen molar-refractivity contribution in [2.45, 2.75) is 47.9 Å². The van der Waals surface area contributed by atoms with Gasteiger partial charge < -0.3 is 10.0 Å². The van der Waals surface area contributed by atoms with Gasteiger partial charge in [-0.25, -0.2) is 8.42 Å². The lowest BCUT2D eigenvalue weighted by molar-refractivity contribution is -0.139. The summed E-state index contributed by atoms with van der Waals surface area (Å²) in [5.74, 6) is -1.30. The molecule has 1 aliphatic heterocycles. The van der Waals surface area contributed by atoms with Gasteiger partial charge in [0.05, 0.1) is 11.3 Å². The number of thiol groups is 1. The standard InChI is InChI=1S/C21H24N2O5S2/c24-20(25)9-10-22(16-6-7-16)21(26)19-12-17(29)13-23(19)30(27,28)18-8-5-14-3-1-2-4-15(14)11-18/h1-5,8,11,16-17,19,29H,6-7,9-10,12-13H2,(H,24,25)/t17-,19+/m1/s1. The number of fused-ring (bicyclic) bond motifs is 1. The molecule has 1 N–H and O–H groups in total. The van der Waals surface area contributed by atoms with E-state index in [9.17, 15) is 18.0 Å². The fraction of sp³-hybridized carbons (Fsp3) is 0.429. The smallest absolute Gasteiger partial charge is 0.305 e. The second kappa shape index (κ2) is 8.20. The fourth-order valence-electron chi connectivity index (χ4n) is 4.00. The van der Waals surface area contributed by atoms with Gasteiger partial charge >= 0.3 is 5.97 Å². The van der Waals surface area contributed by atoms with Gasteiger partial charge in [-0.3, -0.25) is 9.59 Å². The van der Waals surface area contributed by atoms with Gasteiger partial charge in [0.15, 0.2) is 0 Å². The summed E-state index contributed by atoms with van der Waals surface area (Å²) in [6, 6.07) is 11.6. The number of benzene rings is 2. The van der Waals surface area contributed by atoms with Crippen LogP contribution in [0.2, 0.25) is 0 Å². The number of hydrogen-bond acceptors (Lipinski definition) is 5. The maximum atomic E-state index is 13.4. The summed E-state index contributed by atoms with van der Waals surface area (Å²) in [6.07, 6.45) is 1.79. The SMILES string of the molecule is O=C(O)CCN(C(=O)[C@@H]1C[C@@H](S)CN1S(=O)(=O)c1ccc2ccccc2c1)C1CC1. The molecular weight excluding hydrogens is 424 g/mol. The van der Waals surface area contributed by atoms with Crippen molar-refractivity contribution in [3.63, 3.8) is 0 Å². The largest absolute Gasteiger partial charge is 0.481 e. The molecule has 4 rings (SSSR count). The van der Waals surface area contributed by atoms with E-state index in [2.05, 4.69) is 12.6 Å². The third kappa shape index (κ3) is 4.19. The van der Waals surface area contributed by atoms with Crippen LogP contribution in [0, 0.1) is 0 Å². The van der Waals surface area contributed by atoms with Gasteiger partial charge in [0, 0.05) is 24.4 Å². The molecular formula is C21H24N2O5S2. The first kappa shape index (κ1) is 21.1. The summed E-state index contributed by atoms with van der Waals surface area (Å²) >= 11 is 4.46. The Bertz CT molecular complexity index is 1080. The number of hydrogen-bond donors (Lipinski definition) is 2.